The summed E-state index contributed by atoms with van der Waals surface area (Å²) in [5, 5.41) is 1.74. The number of hydrogen-bond donors (Lipinski definition) is 0. The lowest BCUT2D eigenvalue weighted by atomic mass is 10.1. The summed E-state index contributed by atoms with van der Waals surface area (Å²) in [6, 6.07) is 5.90. The van der Waals surface area contributed by atoms with Crippen molar-refractivity contribution in [1.82, 2.24) is 4.57 Å². The van der Waals surface area contributed by atoms with E-state index in [-0.39, 0.29) is 26.3 Å². The van der Waals surface area contributed by atoms with Gasteiger partial charge in [-0.2, -0.15) is 0 Å². The van der Waals surface area contributed by atoms with Crippen molar-refractivity contribution in [1.29, 1.82) is 0 Å². The molecule has 3 nitrogen and oxygen atoms in total. The first-order valence-electron chi connectivity index (χ1n) is 4.51. The number of rotatable bonds is 0. The highest BCUT2D eigenvalue weighted by Crippen LogP contribution is 2.32. The van der Waals surface area contributed by atoms with Gasteiger partial charge in [-0.3, -0.25) is 4.79 Å². The predicted molar refractivity (Wildman–Crippen MR) is 68.6 cm³/mol. The maximum Gasteiger partial charge on any atom is 0.258 e. The maximum absolute atomic E-state index is 11.8. The molecule has 0 bridgehead atoms. The van der Waals surface area contributed by atoms with Crippen LogP contribution in [0.3, 0.4) is 0 Å². The van der Waals surface area contributed by atoms with Crippen LogP contribution in [0.25, 0.3) is 10.8 Å². The van der Waals surface area contributed by atoms with Crippen molar-refractivity contribution in [2.75, 3.05) is 0 Å². The average Bonchev–Trinajstić information content (AvgIpc) is 2.68. The van der Waals surface area contributed by atoms with Crippen molar-refractivity contribution in [2.45, 2.75) is 0 Å². The molecule has 15 heavy (non-hydrogen) atoms. The van der Waals surface area contributed by atoms with Crippen molar-refractivity contribution in [3.05, 3.63) is 38.3 Å². The predicted octanol–water partition coefficient (Wildman–Crippen LogP) is 1.83. The summed E-state index contributed by atoms with van der Waals surface area (Å²) in [7, 11) is 1.76. The smallest absolute Gasteiger partial charge is 0.258 e. The lowest BCUT2D eigenvalue weighted by Gasteiger charge is -2.03. The van der Waals surface area contributed by atoms with E-state index in [9.17, 15) is 4.79 Å². The molecule has 1 aromatic heterocycles. The highest BCUT2D eigenvalue weighted by molar-refractivity contribution is 14.2. The van der Waals surface area contributed by atoms with Gasteiger partial charge < -0.3 is 9.30 Å². The third kappa shape index (κ3) is 1.31. The fourth-order valence-corrected chi connectivity index (χ4v) is 3.42. The van der Waals surface area contributed by atoms with Crippen LogP contribution in [0.15, 0.2) is 29.2 Å². The van der Waals surface area contributed by atoms with Gasteiger partial charge in [0.1, 0.15) is 9.95 Å². The van der Waals surface area contributed by atoms with E-state index in [4.69, 9.17) is 4.74 Å². The monoisotopic (exact) mass is 313 g/mol. The van der Waals surface area contributed by atoms with E-state index in [0.717, 1.165) is 16.5 Å². The number of halogens is 1. The zero-order chi connectivity index (χ0) is 10.4. The first kappa shape index (κ1) is 9.08. The highest BCUT2D eigenvalue weighted by atomic mass is 127. The summed E-state index contributed by atoms with van der Waals surface area (Å²) in [5.41, 5.74) is 0.0315. The molecule has 0 saturated heterocycles. The van der Waals surface area contributed by atoms with Crippen LogP contribution in [0.4, 0.5) is 0 Å². The lowest BCUT2D eigenvalue weighted by Crippen LogP contribution is -2.15. The maximum atomic E-state index is 11.8. The highest BCUT2D eigenvalue weighted by Gasteiger charge is 2.10. The van der Waals surface area contributed by atoms with Crippen molar-refractivity contribution >= 4 is 35.7 Å². The fourth-order valence-electron chi connectivity index (χ4n) is 1.64. The van der Waals surface area contributed by atoms with Crippen LogP contribution in [-0.2, 0) is 7.05 Å². The van der Waals surface area contributed by atoms with Crippen LogP contribution < -0.4 is 10.3 Å². The molecule has 0 aliphatic carbocycles. The Morgan fingerprint density at radius 3 is 3.13 bits per heavy atom. The number of aromatic nitrogens is 1. The Morgan fingerprint density at radius 2 is 2.27 bits per heavy atom. The molecule has 4 heteroatoms. The molecule has 0 atom stereocenters. The van der Waals surface area contributed by atoms with Crippen LogP contribution in [0, 0.1) is 3.57 Å². The first-order chi connectivity index (χ1) is 7.25. The van der Waals surface area contributed by atoms with E-state index >= 15 is 0 Å². The van der Waals surface area contributed by atoms with Gasteiger partial charge in [-0.25, -0.2) is 0 Å². The molecule has 0 N–H and O–H groups in total. The Kier molecular flexibility index (Phi) is 1.92. The number of nitrogens with zero attached hydrogens (tertiary/aromatic N) is 1. The standard InChI is InChI=1S/C11H8INO2/c1-13-3-2-7-4-9-10(15-6-12-9)5-8(7)11(13)14/h2-6H,1H3. The summed E-state index contributed by atoms with van der Waals surface area (Å²) in [5.74, 6) is 0.860. The molecule has 3 rings (SSSR count). The number of ether oxygens (including phenoxy) is 1. The Labute approximate surface area is 96.0 Å². The number of hydrogen-bond acceptors (Lipinski definition) is 2. The minimum atomic E-state index is -0.126. The van der Waals surface area contributed by atoms with Crippen molar-refractivity contribution in [2.24, 2.45) is 7.05 Å². The zero-order valence-corrected chi connectivity index (χ0v) is 10.2. The van der Waals surface area contributed by atoms with E-state index in [1.807, 2.05) is 16.3 Å². The molecule has 1 aliphatic heterocycles. The molecule has 0 fully saturated rings. The average molecular weight is 313 g/mol. The van der Waals surface area contributed by atoms with Gasteiger partial charge in [0.25, 0.3) is 5.56 Å². The number of aryl methyl sites for hydroxylation is 1. The molecule has 0 spiro atoms. The SMILES string of the molecule is Cn1ccc2cc3c(cc2c1=O)OC=I3. The zero-order valence-electron chi connectivity index (χ0n) is 8.03. The first-order valence-corrected chi connectivity index (χ1v) is 6.83. The molecule has 1 aliphatic rings. The van der Waals surface area contributed by atoms with Crippen LogP contribution in [-0.4, -0.2) is 8.76 Å². The molecule has 76 valence electrons. The van der Waals surface area contributed by atoms with Crippen molar-refractivity contribution in [3.63, 3.8) is 0 Å². The van der Waals surface area contributed by atoms with Gasteiger partial charge in [-0.15, -0.1) is 0 Å². The second-order valence-electron chi connectivity index (χ2n) is 3.42. The Bertz CT molecular complexity index is 643. The summed E-state index contributed by atoms with van der Waals surface area (Å²) >= 11 is -0.126. The molecule has 2 aromatic rings. The second-order valence-corrected chi connectivity index (χ2v) is 5.71. The lowest BCUT2D eigenvalue weighted by molar-refractivity contribution is 0.587. The Balaban J connectivity index is 2.46. The number of benzene rings is 1. The Morgan fingerprint density at radius 1 is 1.40 bits per heavy atom. The van der Waals surface area contributed by atoms with Crippen LogP contribution in [0.1, 0.15) is 0 Å². The minimum Gasteiger partial charge on any atom is -0.458 e. The number of fused-ring (bicyclic) bond motifs is 2. The second kappa shape index (κ2) is 3.16. The van der Waals surface area contributed by atoms with E-state index in [2.05, 4.69) is 6.07 Å². The van der Waals surface area contributed by atoms with Crippen molar-refractivity contribution in [3.8, 4) is 5.75 Å². The summed E-state index contributed by atoms with van der Waals surface area (Å²) < 4.78 is 10.1. The quantitative estimate of drug-likeness (QED) is 0.695. The molecule has 1 aromatic carbocycles. The van der Waals surface area contributed by atoms with Gasteiger partial charge >= 0.3 is 0 Å². The molecule has 0 amide bonds. The molecule has 2 heterocycles. The minimum absolute atomic E-state index is 0.0315. The van der Waals surface area contributed by atoms with Gasteiger partial charge in [0.05, 0.1) is 8.96 Å². The fraction of sp³-hybridized carbons (Fsp3) is 0.0909. The van der Waals surface area contributed by atoms with Crippen molar-refractivity contribution < 1.29 is 4.74 Å². The third-order valence-electron chi connectivity index (χ3n) is 2.47. The normalized spacial score (nSPS) is 13.4. The summed E-state index contributed by atoms with van der Waals surface area (Å²) in [4.78, 5) is 11.8. The molecule has 0 saturated carbocycles. The largest absolute Gasteiger partial charge is 0.458 e. The van der Waals surface area contributed by atoms with Crippen LogP contribution in [0.2, 0.25) is 0 Å². The van der Waals surface area contributed by atoms with Gasteiger partial charge in [0.2, 0.25) is 0 Å². The van der Waals surface area contributed by atoms with Gasteiger partial charge in [0, 0.05) is 13.2 Å². The van der Waals surface area contributed by atoms with E-state index < -0.39 is 0 Å². The van der Waals surface area contributed by atoms with Crippen LogP contribution >= 0.6 is 20.7 Å². The van der Waals surface area contributed by atoms with Gasteiger partial charge in [-0.05, 0) is 44.3 Å². The molecular weight excluding hydrogens is 305 g/mol. The van der Waals surface area contributed by atoms with E-state index in [1.54, 1.807) is 17.8 Å². The summed E-state index contributed by atoms with van der Waals surface area (Å²) in [6.07, 6.45) is 1.80. The molecular formula is C11H8INO2. The Hall–Kier alpha value is -1.17. The van der Waals surface area contributed by atoms with E-state index in [1.165, 1.54) is 3.57 Å². The molecule has 0 unspecified atom stereocenters. The topological polar surface area (TPSA) is 31.2 Å². The van der Waals surface area contributed by atoms with E-state index in [0.29, 0.717) is 0 Å². The van der Waals surface area contributed by atoms with Crippen LogP contribution in [0.5, 0.6) is 5.75 Å². The number of pyridine rings is 1. The van der Waals surface area contributed by atoms with Gasteiger partial charge in [-0.1, -0.05) is 0 Å². The third-order valence-corrected chi connectivity index (χ3v) is 4.49. The molecule has 0 radical (unpaired) electrons. The summed E-state index contributed by atoms with van der Waals surface area (Å²) in [6.45, 7) is 0. The van der Waals surface area contributed by atoms with Gasteiger partial charge in [0.15, 0.2) is 0 Å².